The maximum atomic E-state index is 14.3. The summed E-state index contributed by atoms with van der Waals surface area (Å²) in [5, 5.41) is 10.1. The van der Waals surface area contributed by atoms with Crippen LogP contribution in [0.3, 0.4) is 0 Å². The molecule has 2 aliphatic carbocycles. The Labute approximate surface area is 190 Å². The smallest absolute Gasteiger partial charge is 0.331 e. The lowest BCUT2D eigenvalue weighted by Gasteiger charge is -2.41. The van der Waals surface area contributed by atoms with E-state index in [2.05, 4.69) is 25.3 Å². The van der Waals surface area contributed by atoms with Crippen molar-refractivity contribution < 1.29 is 18.1 Å². The molecule has 2 unspecified atom stereocenters. The van der Waals surface area contributed by atoms with Crippen molar-refractivity contribution in [1.82, 2.24) is 19.9 Å². The van der Waals surface area contributed by atoms with E-state index in [1.54, 1.807) is 12.4 Å². The molecule has 3 atom stereocenters. The van der Waals surface area contributed by atoms with Gasteiger partial charge in [0.1, 0.15) is 27.3 Å². The van der Waals surface area contributed by atoms with Gasteiger partial charge in [-0.05, 0) is 31.1 Å². The predicted octanol–water partition coefficient (Wildman–Crippen LogP) is 2.35. The molecule has 2 N–H and O–H groups in total. The number of nitrogens with one attached hydrogen (secondary N) is 1. The SMILES string of the molecule is O=[S@@]1c2c(nc(N3CC4C(C3)C4c3ncc(Cl)cn3)nc2NC2(CO)CCC2)CC1(F)F. The molecule has 8 nitrogen and oxygen atoms in total. The van der Waals surface area contributed by atoms with Gasteiger partial charge in [0.2, 0.25) is 5.95 Å². The van der Waals surface area contributed by atoms with Crippen LogP contribution in [0.5, 0.6) is 0 Å². The summed E-state index contributed by atoms with van der Waals surface area (Å²) >= 11 is 5.88. The summed E-state index contributed by atoms with van der Waals surface area (Å²) in [4.78, 5) is 19.5. The molecule has 2 aromatic heterocycles. The highest BCUT2D eigenvalue weighted by Crippen LogP contribution is 2.57. The molecule has 0 bridgehead atoms. The number of aliphatic hydroxyl groups excluding tert-OH is 1. The molecule has 2 aliphatic heterocycles. The minimum Gasteiger partial charge on any atom is -0.394 e. The van der Waals surface area contributed by atoms with E-state index in [1.807, 2.05) is 4.90 Å². The van der Waals surface area contributed by atoms with E-state index in [1.165, 1.54) is 0 Å². The first-order valence-corrected chi connectivity index (χ1v) is 12.2. The van der Waals surface area contributed by atoms with Crippen LogP contribution in [0.2, 0.25) is 5.02 Å². The minimum atomic E-state index is -3.37. The molecule has 12 heteroatoms. The number of hydrogen-bond donors (Lipinski definition) is 2. The van der Waals surface area contributed by atoms with E-state index in [9.17, 15) is 18.1 Å². The Morgan fingerprint density at radius 3 is 2.50 bits per heavy atom. The highest BCUT2D eigenvalue weighted by Gasteiger charge is 2.58. The van der Waals surface area contributed by atoms with Gasteiger partial charge < -0.3 is 15.3 Å². The Hall–Kier alpha value is -1.98. The first kappa shape index (κ1) is 20.6. The number of nitrogens with zero attached hydrogens (tertiary/aromatic N) is 5. The van der Waals surface area contributed by atoms with Crippen molar-refractivity contribution in [2.45, 2.75) is 47.3 Å². The molecule has 0 amide bonds. The van der Waals surface area contributed by atoms with Gasteiger partial charge in [-0.3, -0.25) is 0 Å². The van der Waals surface area contributed by atoms with Gasteiger partial charge in [-0.1, -0.05) is 11.6 Å². The summed E-state index contributed by atoms with van der Waals surface area (Å²) in [6, 6.07) is 0. The third-order valence-corrected chi connectivity index (χ3v) is 8.85. The second-order valence-electron chi connectivity index (χ2n) is 9.17. The number of alkyl halides is 2. The van der Waals surface area contributed by atoms with Crippen molar-refractivity contribution in [1.29, 1.82) is 0 Å². The van der Waals surface area contributed by atoms with Gasteiger partial charge in [-0.15, -0.1) is 0 Å². The lowest BCUT2D eigenvalue weighted by atomic mass is 9.77. The van der Waals surface area contributed by atoms with Crippen molar-refractivity contribution in [3.8, 4) is 0 Å². The van der Waals surface area contributed by atoms with Crippen molar-refractivity contribution >= 4 is 34.2 Å². The molecular weight excluding hydrogens is 462 g/mol. The third-order valence-electron chi connectivity index (χ3n) is 7.17. The van der Waals surface area contributed by atoms with Crippen LogP contribution in [-0.4, -0.2) is 59.7 Å². The van der Waals surface area contributed by atoms with E-state index in [4.69, 9.17) is 11.6 Å². The van der Waals surface area contributed by atoms with E-state index in [0.29, 0.717) is 48.7 Å². The van der Waals surface area contributed by atoms with Crippen molar-refractivity contribution in [2.75, 3.05) is 29.9 Å². The Balaban J connectivity index is 1.28. The van der Waals surface area contributed by atoms with Gasteiger partial charge in [0.15, 0.2) is 0 Å². The first-order valence-electron chi connectivity index (χ1n) is 10.6. The zero-order valence-electron chi connectivity index (χ0n) is 17.0. The van der Waals surface area contributed by atoms with E-state index in [0.717, 1.165) is 12.2 Å². The molecule has 0 radical (unpaired) electrons. The topological polar surface area (TPSA) is 104 Å². The van der Waals surface area contributed by atoms with Crippen LogP contribution in [0.25, 0.3) is 0 Å². The lowest BCUT2D eigenvalue weighted by Crippen LogP contribution is -2.48. The lowest BCUT2D eigenvalue weighted by molar-refractivity contribution is 0.104. The van der Waals surface area contributed by atoms with Crippen molar-refractivity contribution in [3.05, 3.63) is 28.9 Å². The Morgan fingerprint density at radius 1 is 1.22 bits per heavy atom. The zero-order chi connectivity index (χ0) is 22.3. The largest absolute Gasteiger partial charge is 0.394 e. The number of rotatable bonds is 5. The number of halogens is 3. The quantitative estimate of drug-likeness (QED) is 0.669. The molecule has 4 aliphatic rings. The van der Waals surface area contributed by atoms with Crippen LogP contribution < -0.4 is 10.2 Å². The first-order chi connectivity index (χ1) is 15.3. The summed E-state index contributed by atoms with van der Waals surface area (Å²) in [5.74, 6) is 2.22. The second kappa shape index (κ2) is 7.01. The normalized spacial score (nSPS) is 31.1. The van der Waals surface area contributed by atoms with Gasteiger partial charge >= 0.3 is 5.25 Å². The number of piperidine rings is 1. The molecule has 170 valence electrons. The summed E-state index contributed by atoms with van der Waals surface area (Å²) in [6.07, 6.45) is 4.85. The van der Waals surface area contributed by atoms with Crippen LogP contribution in [0, 0.1) is 11.8 Å². The van der Waals surface area contributed by atoms with E-state index < -0.39 is 28.0 Å². The van der Waals surface area contributed by atoms with E-state index >= 15 is 0 Å². The van der Waals surface area contributed by atoms with Crippen LogP contribution in [0.4, 0.5) is 20.5 Å². The van der Waals surface area contributed by atoms with Crippen LogP contribution >= 0.6 is 11.6 Å². The Kier molecular flexibility index (Phi) is 4.51. The standard InChI is InChI=1S/C20H21ClF2N6O2S/c21-10-5-24-16(25-6-10)14-11-7-29(8-12(11)14)18-26-13-4-20(22,23)32(31)15(13)17(27-18)28-19(9-30)2-1-3-19/h5-6,11-12,14,30H,1-4,7-9H2,(H,26,27,28)/t11?,12?,14?,32-/m1/s1. The number of anilines is 2. The molecule has 32 heavy (non-hydrogen) atoms. The molecule has 3 fully saturated rings. The maximum absolute atomic E-state index is 14.3. The van der Waals surface area contributed by atoms with Gasteiger partial charge in [-0.2, -0.15) is 13.8 Å². The fourth-order valence-electron chi connectivity index (χ4n) is 5.18. The van der Waals surface area contributed by atoms with Crippen LogP contribution in [-0.2, 0) is 17.2 Å². The Bertz CT molecular complexity index is 1100. The number of hydrogen-bond acceptors (Lipinski definition) is 8. The molecule has 1 saturated heterocycles. The second-order valence-corrected chi connectivity index (χ2v) is 11.1. The molecule has 2 saturated carbocycles. The third kappa shape index (κ3) is 3.12. The predicted molar refractivity (Wildman–Crippen MR) is 113 cm³/mol. The van der Waals surface area contributed by atoms with E-state index in [-0.39, 0.29) is 28.9 Å². The number of fused-ring (bicyclic) bond motifs is 2. The highest BCUT2D eigenvalue weighted by molar-refractivity contribution is 7.86. The molecule has 4 heterocycles. The number of aliphatic hydroxyl groups is 1. The average molecular weight is 483 g/mol. The fourth-order valence-corrected chi connectivity index (χ4v) is 6.45. The maximum Gasteiger partial charge on any atom is 0.331 e. The van der Waals surface area contributed by atoms with Crippen LogP contribution in [0.1, 0.15) is 36.7 Å². The molecule has 2 aromatic rings. The van der Waals surface area contributed by atoms with Gasteiger partial charge in [0.05, 0.1) is 29.3 Å². The monoisotopic (exact) mass is 482 g/mol. The van der Waals surface area contributed by atoms with Crippen LogP contribution in [0.15, 0.2) is 17.3 Å². The molecule has 6 rings (SSSR count). The van der Waals surface area contributed by atoms with Crippen molar-refractivity contribution in [2.24, 2.45) is 11.8 Å². The summed E-state index contributed by atoms with van der Waals surface area (Å²) in [7, 11) is -2.52. The highest BCUT2D eigenvalue weighted by atomic mass is 35.5. The average Bonchev–Trinajstić information content (AvgIpc) is 3.11. The fraction of sp³-hybridized carbons (Fsp3) is 0.600. The summed E-state index contributed by atoms with van der Waals surface area (Å²) in [5.41, 5.74) is -0.488. The molecular formula is C20H21ClF2N6O2S. The van der Waals surface area contributed by atoms with Crippen molar-refractivity contribution in [3.63, 3.8) is 0 Å². The summed E-state index contributed by atoms with van der Waals surface area (Å²) in [6.45, 7) is 1.20. The molecule has 0 aromatic carbocycles. The summed E-state index contributed by atoms with van der Waals surface area (Å²) < 4.78 is 41.0. The minimum absolute atomic E-state index is 0.0322. The zero-order valence-corrected chi connectivity index (χ0v) is 18.5. The van der Waals surface area contributed by atoms with Gasteiger partial charge in [0.25, 0.3) is 0 Å². The van der Waals surface area contributed by atoms with Gasteiger partial charge in [0, 0.05) is 31.4 Å². The Morgan fingerprint density at radius 2 is 1.91 bits per heavy atom. The number of aromatic nitrogens is 4. The molecule has 0 spiro atoms. The van der Waals surface area contributed by atoms with Gasteiger partial charge in [-0.25, -0.2) is 19.2 Å².